The van der Waals surface area contributed by atoms with Crippen LogP contribution in [-0.4, -0.2) is 22.0 Å². The van der Waals surface area contributed by atoms with Crippen LogP contribution in [0.1, 0.15) is 20.7 Å². The van der Waals surface area contributed by atoms with E-state index >= 15 is 0 Å². The molecule has 0 saturated heterocycles. The van der Waals surface area contributed by atoms with Gasteiger partial charge in [-0.05, 0) is 24.3 Å². The minimum absolute atomic E-state index is 0.272. The number of carbonyl (C=O) groups excluding carboxylic acids is 2. The third-order valence-corrected chi connectivity index (χ3v) is 3.75. The number of nitrogens with one attached hydrogen (secondary N) is 3. The molecule has 120 valence electrons. The lowest BCUT2D eigenvalue weighted by Gasteiger charge is -2.04. The van der Waals surface area contributed by atoms with Crippen LogP contribution in [0.5, 0.6) is 0 Å². The summed E-state index contributed by atoms with van der Waals surface area (Å²) in [6.45, 7) is 0. The van der Waals surface area contributed by atoms with Crippen LogP contribution in [0.15, 0.2) is 60.7 Å². The molecule has 0 unspecified atom stereocenters. The van der Waals surface area contributed by atoms with Crippen LogP contribution in [0.3, 0.4) is 0 Å². The first-order chi connectivity index (χ1) is 11.7. The second-order valence-electron chi connectivity index (χ2n) is 4.68. The minimum atomic E-state index is -0.291. The molecule has 0 radical (unpaired) electrons. The van der Waals surface area contributed by atoms with Crippen molar-refractivity contribution in [1.29, 1.82) is 0 Å². The number of amides is 2. The van der Waals surface area contributed by atoms with Gasteiger partial charge in [0.05, 0.1) is 0 Å². The Kier molecular flexibility index (Phi) is 4.78. The first kappa shape index (κ1) is 15.6. The molecule has 0 bridgehead atoms. The van der Waals surface area contributed by atoms with Gasteiger partial charge in [-0.25, -0.2) is 0 Å². The first-order valence-electron chi connectivity index (χ1n) is 7.04. The Balaban J connectivity index is 1.56. The number of rotatable bonds is 5. The maximum Gasteiger partial charge on any atom is 0.269 e. The van der Waals surface area contributed by atoms with Crippen molar-refractivity contribution in [2.24, 2.45) is 0 Å². The summed E-state index contributed by atoms with van der Waals surface area (Å²) in [7, 11) is 0. The number of hydrogen-bond acceptors (Lipinski definition) is 6. The van der Waals surface area contributed by atoms with Crippen LogP contribution >= 0.6 is 11.3 Å². The fourth-order valence-corrected chi connectivity index (χ4v) is 2.45. The lowest BCUT2D eigenvalue weighted by atomic mass is 10.2. The molecule has 0 fully saturated rings. The lowest BCUT2D eigenvalue weighted by molar-refractivity contribution is 0.0961. The number of aromatic nitrogens is 2. The predicted octanol–water partition coefficient (Wildman–Crippen LogP) is 2.55. The largest absolute Gasteiger partial charge is 0.296 e. The van der Waals surface area contributed by atoms with E-state index in [2.05, 4.69) is 26.4 Å². The van der Waals surface area contributed by atoms with E-state index in [-0.39, 0.29) is 11.8 Å². The minimum Gasteiger partial charge on any atom is -0.296 e. The van der Waals surface area contributed by atoms with Crippen molar-refractivity contribution < 1.29 is 9.59 Å². The second kappa shape index (κ2) is 7.34. The highest BCUT2D eigenvalue weighted by Crippen LogP contribution is 2.19. The summed E-state index contributed by atoms with van der Waals surface area (Å²) in [6, 6.07) is 17.6. The zero-order chi connectivity index (χ0) is 16.8. The summed E-state index contributed by atoms with van der Waals surface area (Å²) in [5.74, 6) is -0.563. The third-order valence-electron chi connectivity index (χ3n) is 3.00. The Hall–Kier alpha value is -3.26. The van der Waals surface area contributed by atoms with E-state index in [0.717, 1.165) is 11.3 Å². The maximum atomic E-state index is 12.0. The Morgan fingerprint density at radius 2 is 1.29 bits per heavy atom. The molecule has 0 aliphatic carbocycles. The van der Waals surface area contributed by atoms with Crippen LogP contribution in [-0.2, 0) is 0 Å². The van der Waals surface area contributed by atoms with E-state index in [4.69, 9.17) is 0 Å². The van der Waals surface area contributed by atoms with Crippen molar-refractivity contribution in [3.63, 3.8) is 0 Å². The van der Waals surface area contributed by atoms with E-state index in [1.165, 1.54) is 0 Å². The van der Waals surface area contributed by atoms with Crippen molar-refractivity contribution in [2.75, 3.05) is 10.7 Å². The molecule has 3 rings (SSSR count). The Morgan fingerprint density at radius 3 is 1.92 bits per heavy atom. The lowest BCUT2D eigenvalue weighted by Crippen LogP contribution is -2.29. The number of hydrogen-bond donors (Lipinski definition) is 3. The van der Waals surface area contributed by atoms with Crippen molar-refractivity contribution in [2.45, 2.75) is 0 Å². The molecule has 24 heavy (non-hydrogen) atoms. The number of hydrazine groups is 1. The van der Waals surface area contributed by atoms with Crippen LogP contribution in [0.25, 0.3) is 0 Å². The molecule has 0 spiro atoms. The topological polar surface area (TPSA) is 96.0 Å². The Labute approximate surface area is 141 Å². The standard InChI is InChI=1S/C16H13N5O2S/c22-13(11-7-3-1-4-8-11)17-15-19-21-16(24-15)20-18-14(23)12-9-5-2-6-10-12/h1-10H,(H,18,23)(H,20,21)(H,17,19,22). The van der Waals surface area contributed by atoms with Gasteiger partial charge >= 0.3 is 0 Å². The normalized spacial score (nSPS) is 10.0. The summed E-state index contributed by atoms with van der Waals surface area (Å²) >= 11 is 1.11. The Morgan fingerprint density at radius 1 is 0.750 bits per heavy atom. The second-order valence-corrected chi connectivity index (χ2v) is 5.66. The van der Waals surface area contributed by atoms with Gasteiger partial charge in [0.15, 0.2) is 0 Å². The number of anilines is 2. The van der Waals surface area contributed by atoms with Crippen molar-refractivity contribution in [3.8, 4) is 0 Å². The average molecular weight is 339 g/mol. The van der Waals surface area contributed by atoms with Gasteiger partial charge in [-0.1, -0.05) is 47.7 Å². The highest BCUT2D eigenvalue weighted by Gasteiger charge is 2.10. The highest BCUT2D eigenvalue weighted by atomic mass is 32.1. The van der Waals surface area contributed by atoms with Gasteiger partial charge in [0.2, 0.25) is 10.3 Å². The van der Waals surface area contributed by atoms with Crippen LogP contribution in [0.4, 0.5) is 10.3 Å². The molecule has 3 aromatic rings. The maximum absolute atomic E-state index is 12.0. The van der Waals surface area contributed by atoms with Crippen LogP contribution in [0.2, 0.25) is 0 Å². The molecule has 2 aromatic carbocycles. The summed E-state index contributed by atoms with van der Waals surface area (Å²) in [6.07, 6.45) is 0. The molecule has 7 nitrogen and oxygen atoms in total. The van der Waals surface area contributed by atoms with Gasteiger partial charge in [-0.15, -0.1) is 10.2 Å². The number of carbonyl (C=O) groups is 2. The van der Waals surface area contributed by atoms with Gasteiger partial charge < -0.3 is 0 Å². The molecule has 0 aliphatic heterocycles. The van der Waals surface area contributed by atoms with Crippen molar-refractivity contribution >= 4 is 33.4 Å². The third kappa shape index (κ3) is 3.93. The van der Waals surface area contributed by atoms with E-state index in [9.17, 15) is 9.59 Å². The summed E-state index contributed by atoms with van der Waals surface area (Å²) in [4.78, 5) is 23.9. The quantitative estimate of drug-likeness (QED) is 0.621. The zero-order valence-electron chi connectivity index (χ0n) is 12.4. The molecule has 1 aromatic heterocycles. The van der Waals surface area contributed by atoms with Crippen LogP contribution < -0.4 is 16.2 Å². The van der Waals surface area contributed by atoms with E-state index in [0.29, 0.717) is 21.4 Å². The molecule has 2 amide bonds. The summed E-state index contributed by atoms with van der Waals surface area (Å²) in [5, 5.41) is 11.1. The molecule has 0 atom stereocenters. The molecule has 8 heteroatoms. The molecule has 3 N–H and O–H groups in total. The smallest absolute Gasteiger partial charge is 0.269 e. The van der Waals surface area contributed by atoms with Crippen LogP contribution in [0, 0.1) is 0 Å². The summed E-state index contributed by atoms with van der Waals surface area (Å²) in [5.41, 5.74) is 6.24. The predicted molar refractivity (Wildman–Crippen MR) is 91.8 cm³/mol. The van der Waals surface area contributed by atoms with Gasteiger partial charge in [0, 0.05) is 11.1 Å². The fraction of sp³-hybridized carbons (Fsp3) is 0. The number of benzene rings is 2. The van der Waals surface area contributed by atoms with E-state index in [1.54, 1.807) is 48.5 Å². The molecule has 0 saturated carbocycles. The average Bonchev–Trinajstić information content (AvgIpc) is 3.08. The molecular weight excluding hydrogens is 326 g/mol. The summed E-state index contributed by atoms with van der Waals surface area (Å²) < 4.78 is 0. The zero-order valence-corrected chi connectivity index (χ0v) is 13.2. The van der Waals surface area contributed by atoms with E-state index < -0.39 is 0 Å². The van der Waals surface area contributed by atoms with E-state index in [1.807, 2.05) is 12.1 Å². The van der Waals surface area contributed by atoms with Gasteiger partial charge in [-0.3, -0.25) is 25.8 Å². The van der Waals surface area contributed by atoms with Crippen molar-refractivity contribution in [3.05, 3.63) is 71.8 Å². The van der Waals surface area contributed by atoms with Gasteiger partial charge in [0.1, 0.15) is 0 Å². The monoisotopic (exact) mass is 339 g/mol. The first-order valence-corrected chi connectivity index (χ1v) is 7.85. The van der Waals surface area contributed by atoms with Gasteiger partial charge in [0.25, 0.3) is 11.8 Å². The van der Waals surface area contributed by atoms with Gasteiger partial charge in [-0.2, -0.15) is 0 Å². The number of nitrogens with zero attached hydrogens (tertiary/aromatic N) is 2. The molecule has 1 heterocycles. The fourth-order valence-electron chi connectivity index (χ4n) is 1.85. The Bertz CT molecular complexity index is 836. The molecular formula is C16H13N5O2S. The highest BCUT2D eigenvalue weighted by molar-refractivity contribution is 7.19. The van der Waals surface area contributed by atoms with Crippen molar-refractivity contribution in [1.82, 2.24) is 15.6 Å². The SMILES string of the molecule is O=C(NNc1nnc(NC(=O)c2ccccc2)s1)c1ccccc1. The molecule has 0 aliphatic rings.